The van der Waals surface area contributed by atoms with Crippen molar-refractivity contribution in [3.8, 4) is 11.1 Å². The number of pyridine rings is 1. The van der Waals surface area contributed by atoms with Gasteiger partial charge in [-0.3, -0.25) is 9.78 Å². The molecule has 5 rings (SSSR count). The molecule has 0 aliphatic carbocycles. The first kappa shape index (κ1) is 17.9. The van der Waals surface area contributed by atoms with Crippen LogP contribution in [0.2, 0.25) is 0 Å². The zero-order chi connectivity index (χ0) is 19.8. The maximum Gasteiger partial charge on any atom is 0.262 e. The molecule has 1 aliphatic heterocycles. The van der Waals surface area contributed by atoms with Gasteiger partial charge in [0.05, 0.1) is 5.39 Å². The summed E-state index contributed by atoms with van der Waals surface area (Å²) in [5.74, 6) is 0.583. The molecule has 1 N–H and O–H groups in total. The highest BCUT2D eigenvalue weighted by Gasteiger charge is 2.20. The molecule has 3 heterocycles. The highest BCUT2D eigenvalue weighted by Crippen LogP contribution is 2.28. The molecule has 0 spiro atoms. The molecule has 0 saturated carbocycles. The van der Waals surface area contributed by atoms with Crippen LogP contribution in [-0.2, 0) is 13.0 Å². The molecule has 2 aromatic carbocycles. The van der Waals surface area contributed by atoms with Crippen molar-refractivity contribution in [1.29, 1.82) is 0 Å². The van der Waals surface area contributed by atoms with Crippen LogP contribution in [0.5, 0.6) is 0 Å². The molecule has 0 radical (unpaired) electrons. The minimum atomic E-state index is -0.152. The maximum absolute atomic E-state index is 13.0. The maximum atomic E-state index is 13.0. The summed E-state index contributed by atoms with van der Waals surface area (Å²) in [5, 5.41) is 0.533. The lowest BCUT2D eigenvalue weighted by molar-refractivity contribution is 0.708. The second kappa shape index (κ2) is 7.37. The predicted molar refractivity (Wildman–Crippen MR) is 119 cm³/mol. The summed E-state index contributed by atoms with van der Waals surface area (Å²) in [7, 11) is 0. The van der Waals surface area contributed by atoms with Crippen LogP contribution in [0.1, 0.15) is 11.1 Å². The molecule has 29 heavy (non-hydrogen) atoms. The average Bonchev–Trinajstić information content (AvgIpc) is 2.78. The fraction of sp³-hybridized carbons (Fsp3) is 0.174. The standard InChI is InChI=1S/C23H20N4OS/c1-29-18-8-6-16(7-9-18)19-10-12-24-21-20(19)22(28)26-23(25-21)27-13-11-15-4-2-3-5-17(15)14-27/h2-10,12H,11,13-14H2,1H3,(H,24,25,26,28). The Morgan fingerprint density at radius 3 is 2.62 bits per heavy atom. The third kappa shape index (κ3) is 3.29. The Morgan fingerprint density at radius 2 is 1.83 bits per heavy atom. The first-order chi connectivity index (χ1) is 14.2. The number of hydrogen-bond donors (Lipinski definition) is 1. The van der Waals surface area contributed by atoms with Crippen LogP contribution in [0.3, 0.4) is 0 Å². The van der Waals surface area contributed by atoms with Crippen molar-refractivity contribution >= 4 is 28.7 Å². The molecule has 2 aromatic heterocycles. The number of anilines is 1. The van der Waals surface area contributed by atoms with Crippen LogP contribution in [-0.4, -0.2) is 27.8 Å². The molecule has 1 aliphatic rings. The van der Waals surface area contributed by atoms with E-state index in [0.29, 0.717) is 17.0 Å². The van der Waals surface area contributed by atoms with Crippen LogP contribution in [0, 0.1) is 0 Å². The summed E-state index contributed by atoms with van der Waals surface area (Å²) < 4.78 is 0. The number of aromatic amines is 1. The molecule has 0 bridgehead atoms. The first-order valence-corrected chi connectivity index (χ1v) is 10.8. The number of H-pyrrole nitrogens is 1. The lowest BCUT2D eigenvalue weighted by atomic mass is 10.0. The molecule has 5 nitrogen and oxygen atoms in total. The van der Waals surface area contributed by atoms with E-state index < -0.39 is 0 Å². The highest BCUT2D eigenvalue weighted by atomic mass is 32.2. The summed E-state index contributed by atoms with van der Waals surface area (Å²) in [5.41, 5.74) is 4.81. The topological polar surface area (TPSA) is 61.9 Å². The fourth-order valence-corrected chi connectivity index (χ4v) is 4.30. The first-order valence-electron chi connectivity index (χ1n) is 9.58. The number of nitrogens with zero attached hydrogens (tertiary/aromatic N) is 3. The summed E-state index contributed by atoms with van der Waals surface area (Å²) in [6, 6.07) is 18.5. The fourth-order valence-electron chi connectivity index (χ4n) is 3.89. The highest BCUT2D eigenvalue weighted by molar-refractivity contribution is 7.98. The van der Waals surface area contributed by atoms with Crippen molar-refractivity contribution in [3.63, 3.8) is 0 Å². The minimum Gasteiger partial charge on any atom is -0.338 e. The van der Waals surface area contributed by atoms with Crippen molar-refractivity contribution in [2.45, 2.75) is 17.9 Å². The van der Waals surface area contributed by atoms with E-state index in [2.05, 4.69) is 51.3 Å². The number of aromatic nitrogens is 3. The molecule has 0 fully saturated rings. The van der Waals surface area contributed by atoms with E-state index >= 15 is 0 Å². The van der Waals surface area contributed by atoms with Gasteiger partial charge in [-0.2, -0.15) is 4.98 Å². The Labute approximate surface area is 172 Å². The van der Waals surface area contributed by atoms with E-state index in [4.69, 9.17) is 4.98 Å². The summed E-state index contributed by atoms with van der Waals surface area (Å²) in [6.45, 7) is 1.56. The van der Waals surface area contributed by atoms with Crippen molar-refractivity contribution in [3.05, 3.63) is 82.3 Å². The Kier molecular flexibility index (Phi) is 4.56. The van der Waals surface area contributed by atoms with Gasteiger partial charge in [0, 0.05) is 24.2 Å². The van der Waals surface area contributed by atoms with Crippen LogP contribution >= 0.6 is 11.8 Å². The third-order valence-corrected chi connectivity index (χ3v) is 6.17. The molecule has 0 saturated heterocycles. The monoisotopic (exact) mass is 400 g/mol. The SMILES string of the molecule is CSc1ccc(-c2ccnc3nc(N4CCc5ccccc5C4)[nH]c(=O)c23)cc1. The third-order valence-electron chi connectivity index (χ3n) is 5.43. The smallest absolute Gasteiger partial charge is 0.262 e. The number of benzene rings is 2. The van der Waals surface area contributed by atoms with Crippen molar-refractivity contribution < 1.29 is 0 Å². The van der Waals surface area contributed by atoms with E-state index in [-0.39, 0.29) is 5.56 Å². The van der Waals surface area contributed by atoms with Crippen LogP contribution in [0.15, 0.2) is 70.5 Å². The van der Waals surface area contributed by atoms with E-state index in [0.717, 1.165) is 30.6 Å². The number of rotatable bonds is 3. The summed E-state index contributed by atoms with van der Waals surface area (Å²) >= 11 is 1.69. The molecule has 0 unspecified atom stereocenters. The zero-order valence-corrected chi connectivity index (χ0v) is 16.9. The quantitative estimate of drug-likeness (QED) is 0.521. The number of thioether (sulfide) groups is 1. The minimum absolute atomic E-state index is 0.152. The number of hydrogen-bond acceptors (Lipinski definition) is 5. The molecular weight excluding hydrogens is 380 g/mol. The Balaban J connectivity index is 1.57. The van der Waals surface area contributed by atoms with Crippen molar-refractivity contribution in [2.24, 2.45) is 0 Å². The van der Waals surface area contributed by atoms with Gasteiger partial charge in [-0.05, 0) is 53.1 Å². The van der Waals surface area contributed by atoms with Gasteiger partial charge in [0.1, 0.15) is 0 Å². The van der Waals surface area contributed by atoms with Gasteiger partial charge in [-0.15, -0.1) is 11.8 Å². The zero-order valence-electron chi connectivity index (χ0n) is 16.1. The van der Waals surface area contributed by atoms with Gasteiger partial charge in [-0.1, -0.05) is 36.4 Å². The lowest BCUT2D eigenvalue weighted by Crippen LogP contribution is -2.33. The van der Waals surface area contributed by atoms with Gasteiger partial charge in [0.2, 0.25) is 5.95 Å². The van der Waals surface area contributed by atoms with Gasteiger partial charge in [0.25, 0.3) is 5.56 Å². The van der Waals surface area contributed by atoms with Gasteiger partial charge >= 0.3 is 0 Å². The van der Waals surface area contributed by atoms with Gasteiger partial charge in [-0.25, -0.2) is 4.98 Å². The van der Waals surface area contributed by atoms with Gasteiger partial charge < -0.3 is 4.90 Å². The Hall–Kier alpha value is -3.12. The second-order valence-electron chi connectivity index (χ2n) is 7.12. The van der Waals surface area contributed by atoms with E-state index in [9.17, 15) is 4.79 Å². The summed E-state index contributed by atoms with van der Waals surface area (Å²) in [6.07, 6.45) is 4.71. The average molecular weight is 401 g/mol. The largest absolute Gasteiger partial charge is 0.338 e. The van der Waals surface area contributed by atoms with Crippen molar-refractivity contribution in [2.75, 3.05) is 17.7 Å². The van der Waals surface area contributed by atoms with E-state index in [1.54, 1.807) is 18.0 Å². The van der Waals surface area contributed by atoms with Gasteiger partial charge in [0.15, 0.2) is 5.65 Å². The van der Waals surface area contributed by atoms with Crippen LogP contribution in [0.4, 0.5) is 5.95 Å². The molecule has 144 valence electrons. The lowest BCUT2D eigenvalue weighted by Gasteiger charge is -2.29. The Bertz CT molecular complexity index is 1250. The van der Waals surface area contributed by atoms with Crippen LogP contribution < -0.4 is 10.5 Å². The molecule has 0 amide bonds. The predicted octanol–water partition coefficient (Wildman–Crippen LogP) is 4.27. The van der Waals surface area contributed by atoms with E-state index in [1.165, 1.54) is 16.0 Å². The van der Waals surface area contributed by atoms with E-state index in [1.807, 2.05) is 24.5 Å². The molecular formula is C23H20N4OS. The normalized spacial score (nSPS) is 13.5. The molecule has 6 heteroatoms. The molecule has 4 aromatic rings. The summed E-state index contributed by atoms with van der Waals surface area (Å²) in [4.78, 5) is 28.4. The number of fused-ring (bicyclic) bond motifs is 2. The van der Waals surface area contributed by atoms with Crippen molar-refractivity contribution in [1.82, 2.24) is 15.0 Å². The molecule has 0 atom stereocenters. The number of nitrogens with one attached hydrogen (secondary N) is 1. The van der Waals surface area contributed by atoms with Crippen LogP contribution in [0.25, 0.3) is 22.2 Å². The second-order valence-corrected chi connectivity index (χ2v) is 8.00. The Morgan fingerprint density at radius 1 is 1.03 bits per heavy atom.